The van der Waals surface area contributed by atoms with Gasteiger partial charge in [0.05, 0.1) is 12.5 Å². The molecule has 94 valence electrons. The third-order valence-corrected chi connectivity index (χ3v) is 3.13. The minimum atomic E-state index is -3.02. The van der Waals surface area contributed by atoms with Gasteiger partial charge >= 0.3 is 0 Å². The van der Waals surface area contributed by atoms with Crippen molar-refractivity contribution in [3.63, 3.8) is 0 Å². The maximum Gasteiger partial charge on any atom is 0.274 e. The summed E-state index contributed by atoms with van der Waals surface area (Å²) < 4.78 is 27.5. The number of anilines is 1. The van der Waals surface area contributed by atoms with E-state index in [9.17, 15) is 13.6 Å². The summed E-state index contributed by atoms with van der Waals surface area (Å²) >= 11 is 0. The maximum absolute atomic E-state index is 13.8. The van der Waals surface area contributed by atoms with E-state index in [4.69, 9.17) is 5.26 Å². The molecule has 18 heavy (non-hydrogen) atoms. The Morgan fingerprint density at radius 1 is 1.50 bits per heavy atom. The lowest BCUT2D eigenvalue weighted by Gasteiger charge is -2.17. The van der Waals surface area contributed by atoms with Crippen LogP contribution in [0.25, 0.3) is 0 Å². The van der Waals surface area contributed by atoms with Crippen LogP contribution in [-0.2, 0) is 17.1 Å². The van der Waals surface area contributed by atoms with Crippen molar-refractivity contribution in [2.45, 2.75) is 25.2 Å². The molecular formula is C13H12F2N2O. The number of carbonyl (C=O) groups is 1. The van der Waals surface area contributed by atoms with E-state index in [0.29, 0.717) is 11.3 Å². The second-order valence-corrected chi connectivity index (χ2v) is 4.34. The molecule has 1 aliphatic heterocycles. The van der Waals surface area contributed by atoms with Crippen molar-refractivity contribution in [3.05, 3.63) is 29.3 Å². The number of fused-ring (bicyclic) bond motifs is 1. The van der Waals surface area contributed by atoms with Gasteiger partial charge in [-0.15, -0.1) is 0 Å². The van der Waals surface area contributed by atoms with Crippen LogP contribution in [0.1, 0.15) is 24.0 Å². The van der Waals surface area contributed by atoms with Crippen molar-refractivity contribution in [2.75, 3.05) is 11.9 Å². The fourth-order valence-corrected chi connectivity index (χ4v) is 2.05. The molecule has 0 fully saturated rings. The molecule has 0 unspecified atom stereocenters. The molecule has 0 saturated carbocycles. The summed E-state index contributed by atoms with van der Waals surface area (Å²) in [6.45, 7) is 0. The third-order valence-electron chi connectivity index (χ3n) is 3.13. The van der Waals surface area contributed by atoms with Crippen molar-refractivity contribution >= 4 is 11.6 Å². The van der Waals surface area contributed by atoms with Crippen LogP contribution < -0.4 is 4.90 Å². The molecule has 1 amide bonds. The van der Waals surface area contributed by atoms with Crippen LogP contribution in [0.4, 0.5) is 14.5 Å². The van der Waals surface area contributed by atoms with Crippen molar-refractivity contribution < 1.29 is 13.6 Å². The lowest BCUT2D eigenvalue weighted by Crippen LogP contribution is -2.20. The summed E-state index contributed by atoms with van der Waals surface area (Å²) in [5, 5.41) is 8.37. The smallest absolute Gasteiger partial charge is 0.274 e. The fraction of sp³-hybridized carbons (Fsp3) is 0.385. The molecular weight excluding hydrogens is 238 g/mol. The highest BCUT2D eigenvalue weighted by atomic mass is 19.3. The van der Waals surface area contributed by atoms with E-state index in [1.807, 2.05) is 0 Å². The van der Waals surface area contributed by atoms with Gasteiger partial charge in [0.25, 0.3) is 5.92 Å². The van der Waals surface area contributed by atoms with E-state index < -0.39 is 12.3 Å². The quantitative estimate of drug-likeness (QED) is 0.827. The molecule has 0 radical (unpaired) electrons. The van der Waals surface area contributed by atoms with Crippen LogP contribution >= 0.6 is 0 Å². The first kappa shape index (κ1) is 12.5. The van der Waals surface area contributed by atoms with Gasteiger partial charge < -0.3 is 4.90 Å². The molecule has 0 aliphatic carbocycles. The predicted molar refractivity (Wildman–Crippen MR) is 62.3 cm³/mol. The number of likely N-dealkylation sites (N-methyl/N-ethyl adjacent to an activating group) is 1. The van der Waals surface area contributed by atoms with Gasteiger partial charge in [0.1, 0.15) is 0 Å². The maximum atomic E-state index is 13.8. The fourth-order valence-electron chi connectivity index (χ4n) is 2.05. The molecule has 1 aromatic carbocycles. The van der Waals surface area contributed by atoms with Crippen molar-refractivity contribution in [3.8, 4) is 6.07 Å². The monoisotopic (exact) mass is 250 g/mol. The van der Waals surface area contributed by atoms with Gasteiger partial charge in [-0.25, -0.2) is 8.78 Å². The first-order valence-corrected chi connectivity index (χ1v) is 5.60. The predicted octanol–water partition coefficient (Wildman–Crippen LogP) is 2.60. The summed E-state index contributed by atoms with van der Waals surface area (Å²) in [5.41, 5.74) is 1.18. The van der Waals surface area contributed by atoms with Crippen LogP contribution in [0.3, 0.4) is 0 Å². The number of alkyl halides is 2. The molecule has 3 nitrogen and oxygen atoms in total. The van der Waals surface area contributed by atoms with E-state index in [2.05, 4.69) is 0 Å². The lowest BCUT2D eigenvalue weighted by molar-refractivity contribution is -0.117. The molecule has 0 bridgehead atoms. The topological polar surface area (TPSA) is 44.1 Å². The summed E-state index contributed by atoms with van der Waals surface area (Å²) in [5.74, 6) is -3.11. The number of hydrogen-bond donors (Lipinski definition) is 0. The van der Waals surface area contributed by atoms with Gasteiger partial charge in [-0.1, -0.05) is 6.07 Å². The summed E-state index contributed by atoms with van der Waals surface area (Å²) in [4.78, 5) is 12.9. The minimum Gasteiger partial charge on any atom is -0.315 e. The highest BCUT2D eigenvalue weighted by molar-refractivity contribution is 6.00. The van der Waals surface area contributed by atoms with E-state index in [1.54, 1.807) is 13.1 Å². The molecule has 1 aliphatic rings. The SMILES string of the molecule is CN1C(=O)Cc2cc(C(F)(F)CCC#N)ccc21. The Morgan fingerprint density at radius 2 is 2.22 bits per heavy atom. The second-order valence-electron chi connectivity index (χ2n) is 4.34. The number of hydrogen-bond acceptors (Lipinski definition) is 2. The zero-order valence-electron chi connectivity index (χ0n) is 9.91. The Labute approximate surface area is 104 Å². The van der Waals surface area contributed by atoms with Gasteiger partial charge in [0, 0.05) is 31.1 Å². The largest absolute Gasteiger partial charge is 0.315 e. The number of halogens is 2. The molecule has 0 N–H and O–H groups in total. The van der Waals surface area contributed by atoms with Crippen molar-refractivity contribution in [1.82, 2.24) is 0 Å². The summed E-state index contributed by atoms with van der Waals surface area (Å²) in [6, 6.07) is 5.95. The highest BCUT2D eigenvalue weighted by Crippen LogP contribution is 2.37. The zero-order chi connectivity index (χ0) is 13.3. The first-order chi connectivity index (χ1) is 8.45. The average Bonchev–Trinajstić information content (AvgIpc) is 2.62. The van der Waals surface area contributed by atoms with Crippen LogP contribution in [0.5, 0.6) is 0 Å². The zero-order valence-corrected chi connectivity index (χ0v) is 9.91. The van der Waals surface area contributed by atoms with Crippen LogP contribution in [0.2, 0.25) is 0 Å². The Bertz CT molecular complexity index is 534. The van der Waals surface area contributed by atoms with E-state index in [-0.39, 0.29) is 24.3 Å². The van der Waals surface area contributed by atoms with E-state index in [0.717, 1.165) is 0 Å². The summed E-state index contributed by atoms with van der Waals surface area (Å²) in [7, 11) is 1.63. The second kappa shape index (κ2) is 4.37. The lowest BCUT2D eigenvalue weighted by atomic mass is 10.0. The number of nitriles is 1. The molecule has 1 heterocycles. The molecule has 0 atom stereocenters. The number of carbonyl (C=O) groups excluding carboxylic acids is 1. The molecule has 0 aromatic heterocycles. The number of nitrogens with zero attached hydrogens (tertiary/aromatic N) is 2. The van der Waals surface area contributed by atoms with Gasteiger partial charge in [0.15, 0.2) is 0 Å². The van der Waals surface area contributed by atoms with Gasteiger partial charge in [-0.05, 0) is 17.7 Å². The molecule has 0 saturated heterocycles. The minimum absolute atomic E-state index is 0.0949. The highest BCUT2D eigenvalue weighted by Gasteiger charge is 2.33. The molecule has 1 aromatic rings. The Balaban J connectivity index is 2.31. The number of benzene rings is 1. The van der Waals surface area contributed by atoms with Crippen LogP contribution in [0, 0.1) is 11.3 Å². The number of rotatable bonds is 3. The van der Waals surface area contributed by atoms with Crippen LogP contribution in [-0.4, -0.2) is 13.0 Å². The molecule has 0 spiro atoms. The molecule has 5 heteroatoms. The standard InChI is InChI=1S/C13H12F2N2O/c1-17-11-4-3-10(7-9(11)8-12(17)18)13(14,15)5-2-6-16/h3-4,7H,2,5,8H2,1H3. The van der Waals surface area contributed by atoms with Gasteiger partial charge in [0.2, 0.25) is 5.91 Å². The molecule has 2 rings (SSSR count). The summed E-state index contributed by atoms with van der Waals surface area (Å²) in [6.07, 6.45) is -0.525. The third kappa shape index (κ3) is 2.06. The number of amides is 1. The van der Waals surface area contributed by atoms with Crippen LogP contribution in [0.15, 0.2) is 18.2 Å². The van der Waals surface area contributed by atoms with E-state index >= 15 is 0 Å². The van der Waals surface area contributed by atoms with E-state index in [1.165, 1.54) is 23.1 Å². The first-order valence-electron chi connectivity index (χ1n) is 5.60. The van der Waals surface area contributed by atoms with Gasteiger partial charge in [-0.3, -0.25) is 4.79 Å². The van der Waals surface area contributed by atoms with Crippen molar-refractivity contribution in [1.29, 1.82) is 5.26 Å². The van der Waals surface area contributed by atoms with Crippen molar-refractivity contribution in [2.24, 2.45) is 0 Å². The average molecular weight is 250 g/mol. The Morgan fingerprint density at radius 3 is 2.89 bits per heavy atom. The van der Waals surface area contributed by atoms with Gasteiger partial charge in [-0.2, -0.15) is 5.26 Å². The Hall–Kier alpha value is -1.96. The Kier molecular flexibility index (Phi) is 3.04. The normalized spacial score (nSPS) is 14.6.